The molecule has 1 saturated heterocycles. The molecule has 9 heteroatoms. The largest absolute Gasteiger partial charge is 0.418 e. The van der Waals surface area contributed by atoms with Gasteiger partial charge in [-0.05, 0) is 37.0 Å². The SMILES string of the molecule is NS(=O)(=O)c1ccc(N2CCCC(CO)C2)c(C(F)(F)F)c1. The lowest BCUT2D eigenvalue weighted by Gasteiger charge is -2.35. The van der Waals surface area contributed by atoms with Gasteiger partial charge < -0.3 is 10.0 Å². The first-order chi connectivity index (χ1) is 10.1. The first kappa shape index (κ1) is 17.0. The van der Waals surface area contributed by atoms with Crippen molar-refractivity contribution in [3.05, 3.63) is 23.8 Å². The van der Waals surface area contributed by atoms with E-state index in [0.717, 1.165) is 18.6 Å². The minimum Gasteiger partial charge on any atom is -0.396 e. The molecule has 0 saturated carbocycles. The Kier molecular flexibility index (Phi) is 4.69. The summed E-state index contributed by atoms with van der Waals surface area (Å²) in [4.78, 5) is 0.958. The molecule has 1 aromatic carbocycles. The Morgan fingerprint density at radius 2 is 2.05 bits per heavy atom. The number of aliphatic hydroxyl groups is 1. The number of hydrogen-bond donors (Lipinski definition) is 2. The molecule has 0 spiro atoms. The number of primary sulfonamides is 1. The molecular formula is C13H17F3N2O3S. The third-order valence-corrected chi connectivity index (χ3v) is 4.63. The lowest BCUT2D eigenvalue weighted by molar-refractivity contribution is -0.137. The predicted octanol–water partition coefficient (Wildman–Crippen LogP) is 1.56. The number of halogens is 3. The van der Waals surface area contributed by atoms with Crippen LogP contribution in [0.5, 0.6) is 0 Å². The van der Waals surface area contributed by atoms with Crippen LogP contribution in [0.1, 0.15) is 18.4 Å². The molecule has 124 valence electrons. The third-order valence-electron chi connectivity index (χ3n) is 3.72. The number of sulfonamides is 1. The molecule has 0 bridgehead atoms. The summed E-state index contributed by atoms with van der Waals surface area (Å²) in [5.41, 5.74) is -1.12. The zero-order chi connectivity index (χ0) is 16.5. The maximum Gasteiger partial charge on any atom is 0.418 e. The van der Waals surface area contributed by atoms with Gasteiger partial charge >= 0.3 is 6.18 Å². The minimum atomic E-state index is -4.69. The third kappa shape index (κ3) is 3.71. The Balaban J connectivity index is 2.47. The summed E-state index contributed by atoms with van der Waals surface area (Å²) >= 11 is 0. The molecule has 1 unspecified atom stereocenters. The monoisotopic (exact) mass is 338 g/mol. The molecule has 1 aliphatic rings. The van der Waals surface area contributed by atoms with E-state index in [1.807, 2.05) is 0 Å². The van der Waals surface area contributed by atoms with Crippen molar-refractivity contribution in [3.63, 3.8) is 0 Å². The van der Waals surface area contributed by atoms with E-state index in [0.29, 0.717) is 25.6 Å². The van der Waals surface area contributed by atoms with Crippen molar-refractivity contribution in [2.24, 2.45) is 11.1 Å². The summed E-state index contributed by atoms with van der Waals surface area (Å²) < 4.78 is 62.2. The van der Waals surface area contributed by atoms with Crippen LogP contribution in [0, 0.1) is 5.92 Å². The zero-order valence-electron chi connectivity index (χ0n) is 11.7. The number of nitrogens with two attached hydrogens (primary N) is 1. The Labute approximate surface area is 126 Å². The van der Waals surface area contributed by atoms with Gasteiger partial charge in [-0.15, -0.1) is 0 Å². The zero-order valence-corrected chi connectivity index (χ0v) is 12.5. The van der Waals surface area contributed by atoms with Crippen LogP contribution in [0.2, 0.25) is 0 Å². The van der Waals surface area contributed by atoms with E-state index in [1.165, 1.54) is 4.90 Å². The van der Waals surface area contributed by atoms with Crippen molar-refractivity contribution in [2.75, 3.05) is 24.6 Å². The fraction of sp³-hybridized carbons (Fsp3) is 0.538. The Hall–Kier alpha value is -1.32. The average Bonchev–Trinajstić information content (AvgIpc) is 2.45. The van der Waals surface area contributed by atoms with E-state index >= 15 is 0 Å². The molecule has 1 atom stereocenters. The van der Waals surface area contributed by atoms with Gasteiger partial charge in [0.05, 0.1) is 10.5 Å². The summed E-state index contributed by atoms with van der Waals surface area (Å²) in [6.45, 7) is 0.635. The number of aliphatic hydroxyl groups excluding tert-OH is 1. The van der Waals surface area contributed by atoms with Crippen molar-refractivity contribution in [2.45, 2.75) is 23.9 Å². The molecule has 1 fully saturated rings. The van der Waals surface area contributed by atoms with Crippen LogP contribution in [0.3, 0.4) is 0 Å². The number of benzene rings is 1. The topological polar surface area (TPSA) is 83.6 Å². The molecule has 0 aliphatic carbocycles. The summed E-state index contributed by atoms with van der Waals surface area (Å²) in [6, 6.07) is 2.76. The smallest absolute Gasteiger partial charge is 0.396 e. The number of anilines is 1. The second kappa shape index (κ2) is 6.05. The van der Waals surface area contributed by atoms with E-state index in [1.54, 1.807) is 0 Å². The average molecular weight is 338 g/mol. The summed E-state index contributed by atoms with van der Waals surface area (Å²) in [6.07, 6.45) is -3.27. The van der Waals surface area contributed by atoms with E-state index in [2.05, 4.69) is 0 Å². The van der Waals surface area contributed by atoms with Crippen molar-refractivity contribution in [3.8, 4) is 0 Å². The van der Waals surface area contributed by atoms with Crippen molar-refractivity contribution < 1.29 is 26.7 Å². The van der Waals surface area contributed by atoms with Gasteiger partial charge in [0.1, 0.15) is 0 Å². The molecule has 0 radical (unpaired) electrons. The Morgan fingerprint density at radius 1 is 1.36 bits per heavy atom. The number of nitrogens with zero attached hydrogens (tertiary/aromatic N) is 1. The molecule has 1 aromatic rings. The molecule has 2 rings (SSSR count). The van der Waals surface area contributed by atoms with E-state index in [-0.39, 0.29) is 18.2 Å². The fourth-order valence-electron chi connectivity index (χ4n) is 2.63. The van der Waals surface area contributed by atoms with E-state index in [9.17, 15) is 26.7 Å². The quantitative estimate of drug-likeness (QED) is 0.876. The standard InChI is InChI=1S/C13H17F3N2O3S/c14-13(15,16)11-6-10(22(17,20)21)3-4-12(11)18-5-1-2-9(7-18)8-19/h3-4,6,9,19H,1-2,5,7-8H2,(H2,17,20,21). The number of alkyl halides is 3. The summed E-state index contributed by atoms with van der Waals surface area (Å²) in [7, 11) is -4.21. The van der Waals surface area contributed by atoms with Crippen LogP contribution in [-0.2, 0) is 16.2 Å². The first-order valence-corrected chi connectivity index (χ1v) is 8.27. The van der Waals surface area contributed by atoms with Gasteiger partial charge in [-0.3, -0.25) is 0 Å². The molecule has 1 aliphatic heterocycles. The number of hydrogen-bond acceptors (Lipinski definition) is 4. The van der Waals surface area contributed by atoms with Gasteiger partial charge in [0.25, 0.3) is 0 Å². The molecule has 3 N–H and O–H groups in total. The van der Waals surface area contributed by atoms with Gasteiger partial charge in [-0.2, -0.15) is 13.2 Å². The van der Waals surface area contributed by atoms with Crippen LogP contribution in [0.25, 0.3) is 0 Å². The number of piperidine rings is 1. The Bertz CT molecular complexity index is 646. The lowest BCUT2D eigenvalue weighted by atomic mass is 9.97. The molecule has 5 nitrogen and oxygen atoms in total. The predicted molar refractivity (Wildman–Crippen MR) is 74.8 cm³/mol. The molecule has 22 heavy (non-hydrogen) atoms. The Morgan fingerprint density at radius 3 is 2.59 bits per heavy atom. The van der Waals surface area contributed by atoms with Crippen LogP contribution in [0.15, 0.2) is 23.1 Å². The first-order valence-electron chi connectivity index (χ1n) is 6.73. The van der Waals surface area contributed by atoms with Gasteiger partial charge in [0.2, 0.25) is 10.0 Å². The van der Waals surface area contributed by atoms with Gasteiger partial charge in [-0.1, -0.05) is 0 Å². The van der Waals surface area contributed by atoms with Crippen LogP contribution < -0.4 is 10.0 Å². The second-order valence-corrected chi connectivity index (χ2v) is 6.92. The maximum atomic E-state index is 13.2. The highest BCUT2D eigenvalue weighted by Gasteiger charge is 2.36. The fourth-order valence-corrected chi connectivity index (χ4v) is 3.17. The van der Waals surface area contributed by atoms with E-state index in [4.69, 9.17) is 5.14 Å². The van der Waals surface area contributed by atoms with Crippen LogP contribution in [0.4, 0.5) is 18.9 Å². The summed E-state index contributed by atoms with van der Waals surface area (Å²) in [5.74, 6) is -0.0900. The highest BCUT2D eigenvalue weighted by Crippen LogP contribution is 2.39. The van der Waals surface area contributed by atoms with Gasteiger partial charge in [0.15, 0.2) is 0 Å². The van der Waals surface area contributed by atoms with E-state index < -0.39 is 26.7 Å². The normalized spacial score (nSPS) is 20.2. The second-order valence-electron chi connectivity index (χ2n) is 5.36. The maximum absolute atomic E-state index is 13.2. The van der Waals surface area contributed by atoms with Crippen LogP contribution in [-0.4, -0.2) is 33.2 Å². The highest BCUT2D eigenvalue weighted by atomic mass is 32.2. The summed E-state index contributed by atoms with van der Waals surface area (Å²) in [5, 5.41) is 14.1. The number of rotatable bonds is 3. The van der Waals surface area contributed by atoms with Gasteiger partial charge in [-0.25, -0.2) is 13.6 Å². The molecular weight excluding hydrogens is 321 g/mol. The minimum absolute atomic E-state index is 0.0851. The van der Waals surface area contributed by atoms with Crippen molar-refractivity contribution >= 4 is 15.7 Å². The van der Waals surface area contributed by atoms with Crippen molar-refractivity contribution in [1.82, 2.24) is 0 Å². The lowest BCUT2D eigenvalue weighted by Crippen LogP contribution is -2.38. The van der Waals surface area contributed by atoms with Gasteiger partial charge in [0, 0.05) is 25.4 Å². The van der Waals surface area contributed by atoms with Crippen LogP contribution >= 0.6 is 0 Å². The molecule has 0 amide bonds. The van der Waals surface area contributed by atoms with Crippen molar-refractivity contribution in [1.29, 1.82) is 0 Å². The highest BCUT2D eigenvalue weighted by molar-refractivity contribution is 7.89. The molecule has 1 heterocycles. The molecule has 0 aromatic heterocycles.